The fraction of sp³-hybridized carbons (Fsp3) is 0.267. The zero-order chi connectivity index (χ0) is 14.5. The number of nitrogens with one attached hydrogen (secondary N) is 1. The summed E-state index contributed by atoms with van der Waals surface area (Å²) < 4.78 is 13.9. The highest BCUT2D eigenvalue weighted by Crippen LogP contribution is 2.28. The second kappa shape index (κ2) is 7.02. The Morgan fingerprint density at radius 3 is 2.60 bits per heavy atom. The van der Waals surface area contributed by atoms with Gasteiger partial charge in [0.05, 0.1) is 16.8 Å². The summed E-state index contributed by atoms with van der Waals surface area (Å²) in [4.78, 5) is 4.29. The topological polar surface area (TPSA) is 24.9 Å². The first-order chi connectivity index (χ1) is 9.63. The fourth-order valence-corrected chi connectivity index (χ4v) is 2.59. The predicted molar refractivity (Wildman–Crippen MR) is 80.8 cm³/mol. The second-order valence-electron chi connectivity index (χ2n) is 4.39. The Kier molecular flexibility index (Phi) is 5.35. The maximum absolute atomic E-state index is 13.9. The molecule has 5 heteroatoms. The number of likely N-dealkylation sites (N-methyl/N-ethyl adjacent to an activating group) is 1. The molecule has 1 aromatic heterocycles. The Balaban J connectivity index is 2.33. The lowest BCUT2D eigenvalue weighted by atomic mass is 10.0. The summed E-state index contributed by atoms with van der Waals surface area (Å²) in [7, 11) is 0. The molecule has 0 radical (unpaired) electrons. The lowest BCUT2D eigenvalue weighted by Gasteiger charge is -2.19. The molecule has 0 spiro atoms. The highest BCUT2D eigenvalue weighted by Gasteiger charge is 2.19. The molecule has 0 aliphatic carbocycles. The van der Waals surface area contributed by atoms with E-state index in [4.69, 9.17) is 23.2 Å². The first-order valence-electron chi connectivity index (χ1n) is 6.40. The van der Waals surface area contributed by atoms with Gasteiger partial charge in [-0.05, 0) is 37.2 Å². The molecule has 1 N–H and O–H groups in total. The molecule has 0 aliphatic heterocycles. The quantitative estimate of drug-likeness (QED) is 0.884. The zero-order valence-corrected chi connectivity index (χ0v) is 12.5. The fourth-order valence-electron chi connectivity index (χ4n) is 2.10. The highest BCUT2D eigenvalue weighted by atomic mass is 35.5. The third-order valence-corrected chi connectivity index (χ3v) is 3.71. The van der Waals surface area contributed by atoms with Gasteiger partial charge in [-0.15, -0.1) is 0 Å². The molecule has 0 saturated heterocycles. The highest BCUT2D eigenvalue weighted by molar-refractivity contribution is 6.31. The maximum Gasteiger partial charge on any atom is 0.127 e. The predicted octanol–water partition coefficient (Wildman–Crippen LogP) is 4.42. The Morgan fingerprint density at radius 2 is 1.95 bits per heavy atom. The summed E-state index contributed by atoms with van der Waals surface area (Å²) in [6.45, 7) is 2.70. The molecule has 2 nitrogen and oxygen atoms in total. The van der Waals surface area contributed by atoms with E-state index in [2.05, 4.69) is 10.3 Å². The molecule has 0 fully saturated rings. The summed E-state index contributed by atoms with van der Waals surface area (Å²) in [5, 5.41) is 4.25. The van der Waals surface area contributed by atoms with Crippen LogP contribution in [0, 0.1) is 5.82 Å². The van der Waals surface area contributed by atoms with Crippen LogP contribution >= 0.6 is 23.2 Å². The molecule has 1 atom stereocenters. The van der Waals surface area contributed by atoms with Crippen LogP contribution in [-0.4, -0.2) is 11.5 Å². The lowest BCUT2D eigenvalue weighted by molar-refractivity contribution is 0.518. The van der Waals surface area contributed by atoms with Gasteiger partial charge in [-0.3, -0.25) is 4.98 Å². The number of hydrogen-bond acceptors (Lipinski definition) is 2. The summed E-state index contributed by atoms with van der Waals surface area (Å²) in [6, 6.07) is 8.05. The largest absolute Gasteiger partial charge is 0.309 e. The van der Waals surface area contributed by atoms with Gasteiger partial charge in [-0.2, -0.15) is 0 Å². The van der Waals surface area contributed by atoms with Crippen molar-refractivity contribution >= 4 is 23.2 Å². The van der Waals surface area contributed by atoms with Gasteiger partial charge in [0, 0.05) is 16.8 Å². The van der Waals surface area contributed by atoms with Gasteiger partial charge in [0.2, 0.25) is 0 Å². The van der Waals surface area contributed by atoms with Crippen molar-refractivity contribution in [2.24, 2.45) is 0 Å². The van der Waals surface area contributed by atoms with Crippen LogP contribution in [0.1, 0.15) is 24.2 Å². The van der Waals surface area contributed by atoms with Gasteiger partial charge in [0.15, 0.2) is 0 Å². The van der Waals surface area contributed by atoms with E-state index in [1.54, 1.807) is 30.5 Å². The Morgan fingerprint density at radius 1 is 1.20 bits per heavy atom. The van der Waals surface area contributed by atoms with E-state index in [1.807, 2.05) is 6.92 Å². The minimum Gasteiger partial charge on any atom is -0.309 e. The van der Waals surface area contributed by atoms with Gasteiger partial charge in [-0.1, -0.05) is 36.2 Å². The number of benzene rings is 1. The van der Waals surface area contributed by atoms with Crippen LogP contribution in [0.3, 0.4) is 0 Å². The van der Waals surface area contributed by atoms with Crippen molar-refractivity contribution < 1.29 is 4.39 Å². The van der Waals surface area contributed by atoms with Crippen molar-refractivity contribution in [2.75, 3.05) is 6.54 Å². The monoisotopic (exact) mass is 312 g/mol. The Hall–Kier alpha value is -1.16. The van der Waals surface area contributed by atoms with Crippen LogP contribution in [0.15, 0.2) is 36.5 Å². The number of rotatable bonds is 5. The molecule has 1 aromatic carbocycles. The summed E-state index contributed by atoms with van der Waals surface area (Å²) >= 11 is 12.3. The molecule has 0 aliphatic rings. The second-order valence-corrected chi connectivity index (χ2v) is 5.20. The molecule has 1 heterocycles. The molecule has 0 saturated carbocycles. The lowest BCUT2D eigenvalue weighted by Crippen LogP contribution is -2.24. The minimum absolute atomic E-state index is 0.178. The smallest absolute Gasteiger partial charge is 0.127 e. The van der Waals surface area contributed by atoms with E-state index in [1.165, 1.54) is 6.07 Å². The van der Waals surface area contributed by atoms with E-state index in [0.29, 0.717) is 27.7 Å². The summed E-state index contributed by atoms with van der Waals surface area (Å²) in [5.41, 5.74) is 1.18. The minimum atomic E-state index is -0.313. The summed E-state index contributed by atoms with van der Waals surface area (Å²) in [6.07, 6.45) is 2.07. The van der Waals surface area contributed by atoms with Crippen molar-refractivity contribution in [1.29, 1.82) is 0 Å². The normalized spacial score (nSPS) is 12.4. The SMILES string of the molecule is CCNC(Cc1c(F)cccc1Cl)c1ncccc1Cl. The Labute approximate surface area is 127 Å². The summed E-state index contributed by atoms with van der Waals surface area (Å²) in [5.74, 6) is -0.313. The molecule has 0 amide bonds. The number of nitrogens with zero attached hydrogens (tertiary/aromatic N) is 1. The van der Waals surface area contributed by atoms with Crippen molar-refractivity contribution in [3.63, 3.8) is 0 Å². The van der Waals surface area contributed by atoms with Crippen LogP contribution in [0.5, 0.6) is 0 Å². The van der Waals surface area contributed by atoms with Gasteiger partial charge >= 0.3 is 0 Å². The molecule has 20 heavy (non-hydrogen) atoms. The molecular weight excluding hydrogens is 298 g/mol. The van der Waals surface area contributed by atoms with E-state index >= 15 is 0 Å². The van der Waals surface area contributed by atoms with E-state index in [-0.39, 0.29) is 11.9 Å². The number of halogens is 3. The molecular formula is C15H15Cl2FN2. The first-order valence-corrected chi connectivity index (χ1v) is 7.15. The third-order valence-electron chi connectivity index (χ3n) is 3.04. The van der Waals surface area contributed by atoms with E-state index in [0.717, 1.165) is 6.54 Å². The first kappa shape index (κ1) is 15.2. The van der Waals surface area contributed by atoms with Crippen LogP contribution in [0.2, 0.25) is 10.0 Å². The maximum atomic E-state index is 13.9. The zero-order valence-electron chi connectivity index (χ0n) is 11.0. The Bertz CT molecular complexity index is 570. The van der Waals surface area contributed by atoms with Crippen LogP contribution in [-0.2, 0) is 6.42 Å². The van der Waals surface area contributed by atoms with Crippen LogP contribution < -0.4 is 5.32 Å². The molecule has 1 unspecified atom stereocenters. The molecule has 0 bridgehead atoms. The van der Waals surface area contributed by atoms with Gasteiger partial charge in [0.25, 0.3) is 0 Å². The van der Waals surface area contributed by atoms with Crippen molar-refractivity contribution in [2.45, 2.75) is 19.4 Å². The average molecular weight is 313 g/mol. The van der Waals surface area contributed by atoms with Crippen LogP contribution in [0.25, 0.3) is 0 Å². The van der Waals surface area contributed by atoms with Gasteiger partial charge < -0.3 is 5.32 Å². The third kappa shape index (κ3) is 3.48. The van der Waals surface area contributed by atoms with Crippen LogP contribution in [0.4, 0.5) is 4.39 Å². The van der Waals surface area contributed by atoms with E-state index < -0.39 is 0 Å². The van der Waals surface area contributed by atoms with Gasteiger partial charge in [-0.25, -0.2) is 4.39 Å². The standard InChI is InChI=1S/C15H15Cl2FN2/c1-2-19-14(15-12(17)6-4-8-20-15)9-10-11(16)5-3-7-13(10)18/h3-8,14,19H,2,9H2,1H3. The number of aromatic nitrogens is 1. The molecule has 2 aromatic rings. The molecule has 2 rings (SSSR count). The van der Waals surface area contributed by atoms with Gasteiger partial charge in [0.1, 0.15) is 5.82 Å². The van der Waals surface area contributed by atoms with Crippen molar-refractivity contribution in [1.82, 2.24) is 10.3 Å². The number of pyridine rings is 1. The average Bonchev–Trinajstić information content (AvgIpc) is 2.43. The number of hydrogen-bond donors (Lipinski definition) is 1. The molecule has 106 valence electrons. The van der Waals surface area contributed by atoms with Crippen molar-refractivity contribution in [3.8, 4) is 0 Å². The van der Waals surface area contributed by atoms with E-state index in [9.17, 15) is 4.39 Å². The van der Waals surface area contributed by atoms with Crippen molar-refractivity contribution in [3.05, 3.63) is 63.6 Å².